The summed E-state index contributed by atoms with van der Waals surface area (Å²) < 4.78 is 30.0. The lowest BCUT2D eigenvalue weighted by molar-refractivity contribution is 0.411. The summed E-state index contributed by atoms with van der Waals surface area (Å²) in [6.07, 6.45) is 0. The Labute approximate surface area is 119 Å². The van der Waals surface area contributed by atoms with Crippen LogP contribution in [0.5, 0.6) is 5.75 Å². The van der Waals surface area contributed by atoms with Gasteiger partial charge in [0.15, 0.2) is 9.84 Å². The lowest BCUT2D eigenvalue weighted by Gasteiger charge is -2.10. The molecule has 0 aliphatic carbocycles. The molecule has 0 aliphatic heterocycles. The van der Waals surface area contributed by atoms with E-state index in [1.54, 1.807) is 42.5 Å². The molecule has 2 rings (SSSR count). The number of anilines is 1. The van der Waals surface area contributed by atoms with Crippen molar-refractivity contribution >= 4 is 15.5 Å². The quantitative estimate of drug-likeness (QED) is 0.879. The van der Waals surface area contributed by atoms with E-state index in [0.29, 0.717) is 21.9 Å². The van der Waals surface area contributed by atoms with Gasteiger partial charge in [-0.2, -0.15) is 0 Å². The maximum atomic E-state index is 12.4. The predicted octanol–water partition coefficient (Wildman–Crippen LogP) is 2.56. The number of rotatable bonds is 4. The summed E-state index contributed by atoms with van der Waals surface area (Å²) in [6, 6.07) is 11.8. The van der Waals surface area contributed by atoms with Crippen LogP contribution in [-0.4, -0.2) is 15.5 Å². The van der Waals surface area contributed by atoms with E-state index in [0.717, 1.165) is 5.56 Å². The molecule has 5 heteroatoms. The van der Waals surface area contributed by atoms with Crippen LogP contribution in [0.2, 0.25) is 0 Å². The molecule has 0 bridgehead atoms. The number of methoxy groups -OCH3 is 1. The number of nitrogens with two attached hydrogens (primary N) is 1. The molecule has 2 N–H and O–H groups in total. The minimum atomic E-state index is -3.41. The largest absolute Gasteiger partial charge is 0.496 e. The first-order valence-electron chi connectivity index (χ1n) is 6.14. The first-order valence-corrected chi connectivity index (χ1v) is 7.79. The molecule has 0 aromatic heterocycles. The van der Waals surface area contributed by atoms with Gasteiger partial charge in [0.1, 0.15) is 5.75 Å². The van der Waals surface area contributed by atoms with Crippen LogP contribution < -0.4 is 10.5 Å². The van der Waals surface area contributed by atoms with Gasteiger partial charge in [0.05, 0.1) is 17.8 Å². The highest BCUT2D eigenvalue weighted by Crippen LogP contribution is 2.26. The first kappa shape index (κ1) is 14.4. The number of sulfone groups is 1. The molecule has 0 radical (unpaired) electrons. The van der Waals surface area contributed by atoms with Gasteiger partial charge >= 0.3 is 0 Å². The van der Waals surface area contributed by atoms with Gasteiger partial charge in [-0.3, -0.25) is 0 Å². The summed E-state index contributed by atoms with van der Waals surface area (Å²) in [5.74, 6) is 0.388. The van der Waals surface area contributed by atoms with E-state index < -0.39 is 9.84 Å². The Morgan fingerprint density at radius 2 is 1.75 bits per heavy atom. The molecule has 0 unspecified atom stereocenters. The normalized spacial score (nSPS) is 11.3. The smallest absolute Gasteiger partial charge is 0.182 e. The second-order valence-corrected chi connectivity index (χ2v) is 6.63. The van der Waals surface area contributed by atoms with Crippen LogP contribution in [-0.2, 0) is 15.6 Å². The van der Waals surface area contributed by atoms with E-state index in [1.807, 2.05) is 6.92 Å². The third-order valence-electron chi connectivity index (χ3n) is 3.03. The summed E-state index contributed by atoms with van der Waals surface area (Å²) in [5.41, 5.74) is 7.81. The topological polar surface area (TPSA) is 69.4 Å². The van der Waals surface area contributed by atoms with Crippen LogP contribution in [0.4, 0.5) is 5.69 Å². The summed E-state index contributed by atoms with van der Waals surface area (Å²) in [7, 11) is -1.91. The minimum Gasteiger partial charge on any atom is -0.496 e. The van der Waals surface area contributed by atoms with Crippen molar-refractivity contribution in [2.75, 3.05) is 12.8 Å². The molecule has 0 heterocycles. The average Bonchev–Trinajstić information content (AvgIpc) is 2.39. The Hall–Kier alpha value is -2.01. The molecule has 0 atom stereocenters. The Morgan fingerprint density at radius 1 is 1.10 bits per heavy atom. The Balaban J connectivity index is 2.37. The summed E-state index contributed by atoms with van der Waals surface area (Å²) in [4.78, 5) is 0.299. The van der Waals surface area contributed by atoms with Crippen molar-refractivity contribution in [2.24, 2.45) is 0 Å². The lowest BCUT2D eigenvalue weighted by atomic mass is 10.2. The van der Waals surface area contributed by atoms with Gasteiger partial charge < -0.3 is 10.5 Å². The van der Waals surface area contributed by atoms with Crippen LogP contribution in [0.25, 0.3) is 0 Å². The molecule has 0 amide bonds. The molecule has 20 heavy (non-hydrogen) atoms. The van der Waals surface area contributed by atoms with E-state index in [1.165, 1.54) is 7.11 Å². The second-order valence-electron chi connectivity index (χ2n) is 4.64. The molecule has 0 saturated heterocycles. The third-order valence-corrected chi connectivity index (χ3v) is 4.71. The minimum absolute atomic E-state index is 0.135. The SMILES string of the molecule is COc1ccc(N)cc1CS(=O)(=O)c1ccc(C)cc1. The molecule has 2 aromatic carbocycles. The van der Waals surface area contributed by atoms with Crippen molar-refractivity contribution in [1.29, 1.82) is 0 Å². The zero-order valence-corrected chi connectivity index (χ0v) is 12.3. The van der Waals surface area contributed by atoms with Crippen LogP contribution in [0.3, 0.4) is 0 Å². The molecule has 106 valence electrons. The zero-order valence-electron chi connectivity index (χ0n) is 11.5. The van der Waals surface area contributed by atoms with E-state index in [2.05, 4.69) is 0 Å². The van der Waals surface area contributed by atoms with Gasteiger partial charge in [-0.05, 0) is 37.3 Å². The van der Waals surface area contributed by atoms with E-state index in [-0.39, 0.29) is 5.75 Å². The van der Waals surface area contributed by atoms with Crippen LogP contribution in [0.15, 0.2) is 47.4 Å². The van der Waals surface area contributed by atoms with Gasteiger partial charge in [0, 0.05) is 11.3 Å². The maximum Gasteiger partial charge on any atom is 0.182 e. The molecular weight excluding hydrogens is 274 g/mol. The van der Waals surface area contributed by atoms with Gasteiger partial charge in [-0.25, -0.2) is 8.42 Å². The van der Waals surface area contributed by atoms with E-state index in [4.69, 9.17) is 10.5 Å². The zero-order chi connectivity index (χ0) is 14.8. The fourth-order valence-electron chi connectivity index (χ4n) is 1.94. The highest BCUT2D eigenvalue weighted by atomic mass is 32.2. The van der Waals surface area contributed by atoms with Gasteiger partial charge in [-0.15, -0.1) is 0 Å². The van der Waals surface area contributed by atoms with Gasteiger partial charge in [0.25, 0.3) is 0 Å². The monoisotopic (exact) mass is 291 g/mol. The van der Waals surface area contributed by atoms with Crippen LogP contribution in [0.1, 0.15) is 11.1 Å². The molecule has 0 fully saturated rings. The van der Waals surface area contributed by atoms with Crippen LogP contribution in [0, 0.1) is 6.92 Å². The third kappa shape index (κ3) is 3.11. The highest BCUT2D eigenvalue weighted by molar-refractivity contribution is 7.90. The van der Waals surface area contributed by atoms with E-state index in [9.17, 15) is 8.42 Å². The van der Waals surface area contributed by atoms with Crippen molar-refractivity contribution in [3.63, 3.8) is 0 Å². The molecule has 2 aromatic rings. The molecule has 0 aliphatic rings. The fraction of sp³-hybridized carbons (Fsp3) is 0.200. The van der Waals surface area contributed by atoms with E-state index >= 15 is 0 Å². The molecule has 0 spiro atoms. The maximum absolute atomic E-state index is 12.4. The Bertz CT molecular complexity index is 706. The fourth-order valence-corrected chi connectivity index (χ4v) is 3.30. The number of ether oxygens (including phenoxy) is 1. The summed E-state index contributed by atoms with van der Waals surface area (Å²) in [5, 5.41) is 0. The standard InChI is InChI=1S/C15H17NO3S/c1-11-3-6-14(7-4-11)20(17,18)10-12-9-13(16)5-8-15(12)19-2/h3-9H,10,16H2,1-2H3. The first-order chi connectivity index (χ1) is 9.42. The summed E-state index contributed by atoms with van der Waals surface area (Å²) in [6.45, 7) is 1.91. The number of nitrogen functional groups attached to an aromatic ring is 1. The van der Waals surface area contributed by atoms with Crippen LogP contribution >= 0.6 is 0 Å². The van der Waals surface area contributed by atoms with Crippen molar-refractivity contribution in [3.05, 3.63) is 53.6 Å². The van der Waals surface area contributed by atoms with Gasteiger partial charge in [0.2, 0.25) is 0 Å². The predicted molar refractivity (Wildman–Crippen MR) is 79.5 cm³/mol. The number of hydrogen-bond donors (Lipinski definition) is 1. The highest BCUT2D eigenvalue weighted by Gasteiger charge is 2.18. The van der Waals surface area contributed by atoms with Crippen molar-refractivity contribution in [3.8, 4) is 5.75 Å². The summed E-state index contributed by atoms with van der Waals surface area (Å²) >= 11 is 0. The number of benzene rings is 2. The Morgan fingerprint density at radius 3 is 2.35 bits per heavy atom. The van der Waals surface area contributed by atoms with Crippen molar-refractivity contribution in [2.45, 2.75) is 17.6 Å². The molecule has 4 nitrogen and oxygen atoms in total. The Kier molecular flexibility index (Phi) is 3.99. The number of hydrogen-bond acceptors (Lipinski definition) is 4. The van der Waals surface area contributed by atoms with Gasteiger partial charge in [-0.1, -0.05) is 17.7 Å². The molecule has 0 saturated carbocycles. The second kappa shape index (κ2) is 5.54. The average molecular weight is 291 g/mol. The van der Waals surface area contributed by atoms with Crippen molar-refractivity contribution < 1.29 is 13.2 Å². The molecular formula is C15H17NO3S. The number of aryl methyl sites for hydroxylation is 1. The lowest BCUT2D eigenvalue weighted by Crippen LogP contribution is -2.06. The van der Waals surface area contributed by atoms with Crippen molar-refractivity contribution in [1.82, 2.24) is 0 Å².